The van der Waals surface area contributed by atoms with Crippen molar-refractivity contribution in [3.63, 3.8) is 0 Å². The molecule has 0 radical (unpaired) electrons. The lowest BCUT2D eigenvalue weighted by molar-refractivity contribution is 0.00955. The van der Waals surface area contributed by atoms with Crippen LogP contribution in [-0.4, -0.2) is 98.4 Å². The van der Waals surface area contributed by atoms with Crippen molar-refractivity contribution >= 4 is 12.0 Å². The highest BCUT2D eigenvalue weighted by atomic mass is 16.6. The summed E-state index contributed by atoms with van der Waals surface area (Å²) >= 11 is 0. The molecule has 2 amide bonds. The van der Waals surface area contributed by atoms with Crippen LogP contribution in [0.2, 0.25) is 0 Å². The molecule has 0 N–H and O–H groups in total. The number of hydrogen-bond acceptors (Lipinski definition) is 6. The zero-order valence-corrected chi connectivity index (χ0v) is 24.4. The standard InChI is InChI=1S/C32H43N3O5/c1-31(2,3)23-39-30(37)35-13-11-32(12-14-35)22-27-21-26(9-10-28(27)40-32)24-5-7-25(8-6-24)29(36)34-17-15-33(16-18-34)19-20-38-4/h5-10,21H,11-20,22-23H2,1-4H3. The highest BCUT2D eigenvalue weighted by Gasteiger charge is 2.43. The minimum absolute atomic E-state index is 0.0452. The highest BCUT2D eigenvalue weighted by molar-refractivity contribution is 5.94. The number of benzene rings is 2. The van der Waals surface area contributed by atoms with E-state index in [0.29, 0.717) is 19.7 Å². The van der Waals surface area contributed by atoms with Crippen molar-refractivity contribution < 1.29 is 23.8 Å². The molecule has 1 spiro atoms. The van der Waals surface area contributed by atoms with Gasteiger partial charge in [0.15, 0.2) is 0 Å². The summed E-state index contributed by atoms with van der Waals surface area (Å²) in [6, 6.07) is 14.3. The number of nitrogens with zero attached hydrogens (tertiary/aromatic N) is 3. The van der Waals surface area contributed by atoms with E-state index in [4.69, 9.17) is 14.2 Å². The summed E-state index contributed by atoms with van der Waals surface area (Å²) in [6.07, 6.45) is 2.19. The number of carbonyl (C=O) groups excluding carboxylic acids is 2. The fourth-order valence-corrected chi connectivity index (χ4v) is 5.74. The van der Waals surface area contributed by atoms with E-state index in [2.05, 4.69) is 43.9 Å². The minimum Gasteiger partial charge on any atom is -0.487 e. The zero-order valence-electron chi connectivity index (χ0n) is 24.4. The van der Waals surface area contributed by atoms with Gasteiger partial charge in [-0.1, -0.05) is 39.0 Å². The van der Waals surface area contributed by atoms with E-state index in [1.165, 1.54) is 5.56 Å². The van der Waals surface area contributed by atoms with Crippen molar-refractivity contribution in [3.8, 4) is 16.9 Å². The lowest BCUT2D eigenvalue weighted by Crippen LogP contribution is -2.49. The average Bonchev–Trinajstić information content (AvgIpc) is 3.31. The van der Waals surface area contributed by atoms with Crippen LogP contribution in [0.4, 0.5) is 4.79 Å². The van der Waals surface area contributed by atoms with Crippen LogP contribution in [0.5, 0.6) is 5.75 Å². The second-order valence-corrected chi connectivity index (χ2v) is 12.6. The number of amides is 2. The lowest BCUT2D eigenvalue weighted by atomic mass is 9.86. The van der Waals surface area contributed by atoms with Crippen molar-refractivity contribution in [1.29, 1.82) is 0 Å². The van der Waals surface area contributed by atoms with Gasteiger partial charge in [-0.15, -0.1) is 0 Å². The number of fused-ring (bicyclic) bond motifs is 1. The van der Waals surface area contributed by atoms with E-state index < -0.39 is 0 Å². The molecule has 216 valence electrons. The summed E-state index contributed by atoms with van der Waals surface area (Å²) in [6.45, 7) is 12.8. The van der Waals surface area contributed by atoms with Gasteiger partial charge in [-0.05, 0) is 46.4 Å². The molecule has 3 aliphatic heterocycles. The van der Waals surface area contributed by atoms with E-state index in [-0.39, 0.29) is 23.0 Å². The largest absolute Gasteiger partial charge is 0.487 e. The van der Waals surface area contributed by atoms with Crippen LogP contribution in [0.25, 0.3) is 11.1 Å². The molecule has 0 bridgehead atoms. The molecule has 8 nitrogen and oxygen atoms in total. The molecular weight excluding hydrogens is 506 g/mol. The summed E-state index contributed by atoms with van der Waals surface area (Å²) in [5, 5.41) is 0. The number of rotatable bonds is 6. The summed E-state index contributed by atoms with van der Waals surface area (Å²) < 4.78 is 17.2. The van der Waals surface area contributed by atoms with Gasteiger partial charge in [0.05, 0.1) is 13.2 Å². The van der Waals surface area contributed by atoms with E-state index in [9.17, 15) is 9.59 Å². The fraction of sp³-hybridized carbons (Fsp3) is 0.562. The molecule has 0 aliphatic carbocycles. The van der Waals surface area contributed by atoms with Crippen LogP contribution >= 0.6 is 0 Å². The topological polar surface area (TPSA) is 71.6 Å². The van der Waals surface area contributed by atoms with Gasteiger partial charge in [0.1, 0.15) is 11.4 Å². The average molecular weight is 550 g/mol. The maximum Gasteiger partial charge on any atom is 0.409 e. The second kappa shape index (κ2) is 11.8. The Hall–Kier alpha value is -3.10. The minimum atomic E-state index is -0.258. The normalized spacial score (nSPS) is 18.9. The van der Waals surface area contributed by atoms with Crippen LogP contribution in [0, 0.1) is 5.41 Å². The lowest BCUT2D eigenvalue weighted by Gasteiger charge is -2.38. The number of likely N-dealkylation sites (tertiary alicyclic amines) is 1. The molecule has 3 heterocycles. The number of carbonyl (C=O) groups is 2. The van der Waals surface area contributed by atoms with Crippen LogP contribution in [0.3, 0.4) is 0 Å². The molecule has 2 aromatic rings. The Bertz CT molecular complexity index is 1190. The van der Waals surface area contributed by atoms with Crippen molar-refractivity contribution in [2.45, 2.75) is 45.6 Å². The molecule has 3 aliphatic rings. The van der Waals surface area contributed by atoms with Crippen LogP contribution in [0.15, 0.2) is 42.5 Å². The smallest absolute Gasteiger partial charge is 0.409 e. The van der Waals surface area contributed by atoms with Gasteiger partial charge in [-0.3, -0.25) is 9.69 Å². The first-order valence-corrected chi connectivity index (χ1v) is 14.5. The molecule has 2 fully saturated rings. The Morgan fingerprint density at radius 3 is 2.23 bits per heavy atom. The number of piperidine rings is 1. The van der Waals surface area contributed by atoms with Crippen molar-refractivity contribution in [1.82, 2.24) is 14.7 Å². The van der Waals surface area contributed by atoms with Gasteiger partial charge in [0, 0.05) is 77.7 Å². The molecule has 5 rings (SSSR count). The van der Waals surface area contributed by atoms with E-state index in [1.807, 2.05) is 29.2 Å². The Balaban J connectivity index is 1.16. The van der Waals surface area contributed by atoms with Gasteiger partial charge in [-0.25, -0.2) is 4.79 Å². The third-order valence-corrected chi connectivity index (χ3v) is 8.20. The zero-order chi connectivity index (χ0) is 28.3. The molecule has 40 heavy (non-hydrogen) atoms. The molecule has 2 aromatic carbocycles. The number of ether oxygens (including phenoxy) is 3. The summed E-state index contributed by atoms with van der Waals surface area (Å²) in [5.41, 5.74) is 3.83. The van der Waals surface area contributed by atoms with Gasteiger partial charge in [-0.2, -0.15) is 0 Å². The first kappa shape index (κ1) is 28.4. The van der Waals surface area contributed by atoms with E-state index in [1.54, 1.807) is 12.0 Å². The molecule has 2 saturated heterocycles. The number of methoxy groups -OCH3 is 1. The molecule has 0 atom stereocenters. The first-order valence-electron chi connectivity index (χ1n) is 14.5. The maximum atomic E-state index is 13.1. The third-order valence-electron chi connectivity index (χ3n) is 8.20. The van der Waals surface area contributed by atoms with E-state index in [0.717, 1.165) is 81.0 Å². The van der Waals surface area contributed by atoms with Gasteiger partial charge < -0.3 is 24.0 Å². The van der Waals surface area contributed by atoms with Gasteiger partial charge in [0.2, 0.25) is 0 Å². The predicted octanol–water partition coefficient (Wildman–Crippen LogP) is 4.71. The highest BCUT2D eigenvalue weighted by Crippen LogP contribution is 2.42. The monoisotopic (exact) mass is 549 g/mol. The maximum absolute atomic E-state index is 13.1. The Labute approximate surface area is 238 Å². The number of piperazine rings is 1. The van der Waals surface area contributed by atoms with E-state index >= 15 is 0 Å². The molecular formula is C32H43N3O5. The summed E-state index contributed by atoms with van der Waals surface area (Å²) in [7, 11) is 1.72. The van der Waals surface area contributed by atoms with Gasteiger partial charge in [0.25, 0.3) is 5.91 Å². The Morgan fingerprint density at radius 1 is 0.900 bits per heavy atom. The summed E-state index contributed by atoms with van der Waals surface area (Å²) in [5.74, 6) is 1.03. The fourth-order valence-electron chi connectivity index (χ4n) is 5.74. The second-order valence-electron chi connectivity index (χ2n) is 12.6. The molecule has 8 heteroatoms. The van der Waals surface area contributed by atoms with Crippen molar-refractivity contribution in [3.05, 3.63) is 53.6 Å². The SMILES string of the molecule is COCCN1CCN(C(=O)c2ccc(-c3ccc4c(c3)CC3(CCN(C(=O)OCC(C)(C)C)CC3)O4)cc2)CC1. The first-order chi connectivity index (χ1) is 19.1. The van der Waals surface area contributed by atoms with Crippen LogP contribution in [0.1, 0.15) is 49.5 Å². The van der Waals surface area contributed by atoms with Crippen molar-refractivity contribution in [2.24, 2.45) is 5.41 Å². The number of hydrogen-bond donors (Lipinski definition) is 0. The molecule has 0 unspecified atom stereocenters. The predicted molar refractivity (Wildman–Crippen MR) is 155 cm³/mol. The summed E-state index contributed by atoms with van der Waals surface area (Å²) in [4.78, 5) is 31.7. The molecule has 0 aromatic heterocycles. The third kappa shape index (κ3) is 6.61. The Morgan fingerprint density at radius 2 is 1.57 bits per heavy atom. The quantitative estimate of drug-likeness (QED) is 0.520. The van der Waals surface area contributed by atoms with Crippen LogP contribution in [-0.2, 0) is 15.9 Å². The van der Waals surface area contributed by atoms with Crippen molar-refractivity contribution in [2.75, 3.05) is 66.1 Å². The Kier molecular flexibility index (Phi) is 8.38. The van der Waals surface area contributed by atoms with Crippen LogP contribution < -0.4 is 4.74 Å². The van der Waals surface area contributed by atoms with Gasteiger partial charge >= 0.3 is 6.09 Å². The molecule has 0 saturated carbocycles.